The van der Waals surface area contributed by atoms with E-state index in [2.05, 4.69) is 5.32 Å². The number of hydrogen-bond acceptors (Lipinski definition) is 7. The number of benzene rings is 1. The molecule has 0 spiro atoms. The van der Waals surface area contributed by atoms with E-state index in [9.17, 15) is 19.2 Å². The summed E-state index contributed by atoms with van der Waals surface area (Å²) in [6.07, 6.45) is 0. The van der Waals surface area contributed by atoms with E-state index >= 15 is 0 Å². The Morgan fingerprint density at radius 1 is 1.29 bits per heavy atom. The van der Waals surface area contributed by atoms with Gasteiger partial charge < -0.3 is 15.8 Å². The van der Waals surface area contributed by atoms with Gasteiger partial charge >= 0.3 is 11.7 Å². The molecule has 2 aromatic rings. The minimum atomic E-state index is -1.13. The quantitative estimate of drug-likeness (QED) is 0.537. The zero-order chi connectivity index (χ0) is 17.7. The topological polar surface area (TPSA) is 171 Å². The van der Waals surface area contributed by atoms with Crippen molar-refractivity contribution in [3.63, 3.8) is 0 Å². The average molecular weight is 329 g/mol. The molecule has 1 heterocycles. The molecule has 122 valence electrons. The van der Waals surface area contributed by atoms with E-state index in [0.29, 0.717) is 11.3 Å². The number of nitrogen functional groups attached to an aromatic ring is 1. The first kappa shape index (κ1) is 16.5. The van der Waals surface area contributed by atoms with Crippen molar-refractivity contribution in [2.24, 2.45) is 0 Å². The predicted octanol–water partition coefficient (Wildman–Crippen LogP) is -0.687. The van der Waals surface area contributed by atoms with Gasteiger partial charge in [-0.15, -0.1) is 0 Å². The number of carbonyl (C=O) groups excluding carboxylic acids is 2. The van der Waals surface area contributed by atoms with Gasteiger partial charge in [-0.1, -0.05) is 6.07 Å². The number of aromatic amines is 2. The van der Waals surface area contributed by atoms with E-state index in [1.54, 1.807) is 18.2 Å². The first-order chi connectivity index (χ1) is 11.4. The van der Waals surface area contributed by atoms with Gasteiger partial charge in [0, 0.05) is 5.69 Å². The highest BCUT2D eigenvalue weighted by Gasteiger charge is 2.17. The molecule has 0 aliphatic heterocycles. The van der Waals surface area contributed by atoms with Gasteiger partial charge in [0.25, 0.3) is 11.5 Å². The van der Waals surface area contributed by atoms with Crippen LogP contribution < -0.4 is 22.3 Å². The molecule has 0 radical (unpaired) electrons. The van der Waals surface area contributed by atoms with Crippen LogP contribution in [-0.2, 0) is 9.53 Å². The Bertz CT molecular complexity index is 953. The fourth-order valence-electron chi connectivity index (χ4n) is 1.72. The number of nitrogens with zero attached hydrogens (tertiary/aromatic N) is 1. The van der Waals surface area contributed by atoms with Crippen LogP contribution in [0.2, 0.25) is 0 Å². The summed E-state index contributed by atoms with van der Waals surface area (Å²) in [4.78, 5) is 49.8. The van der Waals surface area contributed by atoms with E-state index in [4.69, 9.17) is 15.7 Å². The Balaban J connectivity index is 2.01. The van der Waals surface area contributed by atoms with Crippen LogP contribution in [0.3, 0.4) is 0 Å². The molecule has 0 bridgehead atoms. The number of H-pyrrole nitrogens is 2. The number of carbonyl (C=O) groups is 2. The van der Waals surface area contributed by atoms with Crippen molar-refractivity contribution < 1.29 is 14.3 Å². The van der Waals surface area contributed by atoms with Crippen LogP contribution in [0.1, 0.15) is 16.1 Å². The highest BCUT2D eigenvalue weighted by Crippen LogP contribution is 2.09. The Labute approximate surface area is 133 Å². The third kappa shape index (κ3) is 3.86. The zero-order valence-electron chi connectivity index (χ0n) is 12.1. The highest BCUT2D eigenvalue weighted by atomic mass is 16.5. The maximum Gasteiger partial charge on any atom is 0.357 e. The zero-order valence-corrected chi connectivity index (χ0v) is 12.1. The summed E-state index contributed by atoms with van der Waals surface area (Å²) >= 11 is 0. The van der Waals surface area contributed by atoms with Crippen molar-refractivity contribution in [3.05, 3.63) is 56.4 Å². The van der Waals surface area contributed by atoms with E-state index in [-0.39, 0.29) is 0 Å². The lowest BCUT2D eigenvalue weighted by atomic mass is 10.2. The second-order valence-corrected chi connectivity index (χ2v) is 4.51. The summed E-state index contributed by atoms with van der Waals surface area (Å²) in [5.41, 5.74) is 3.12. The van der Waals surface area contributed by atoms with Crippen molar-refractivity contribution in [2.75, 3.05) is 17.7 Å². The molecule has 10 nitrogen and oxygen atoms in total. The smallest absolute Gasteiger partial charge is 0.357 e. The number of aromatic nitrogens is 2. The number of anilines is 2. The first-order valence-electron chi connectivity index (χ1n) is 6.50. The molecular formula is C14H11N5O5. The molecule has 2 rings (SSSR count). The molecule has 0 aliphatic carbocycles. The number of rotatable bonds is 4. The van der Waals surface area contributed by atoms with Crippen molar-refractivity contribution in [2.45, 2.75) is 0 Å². The number of amides is 1. The molecule has 0 saturated heterocycles. The first-order valence-corrected chi connectivity index (χ1v) is 6.50. The molecule has 1 aromatic carbocycles. The number of nitriles is 1. The van der Waals surface area contributed by atoms with Gasteiger partial charge in [0.05, 0.1) is 11.6 Å². The fraction of sp³-hybridized carbons (Fsp3) is 0.0714. The molecule has 24 heavy (non-hydrogen) atoms. The number of nitrogens with two attached hydrogens (primary N) is 1. The molecule has 0 unspecified atom stereocenters. The molecule has 5 N–H and O–H groups in total. The second-order valence-electron chi connectivity index (χ2n) is 4.51. The molecule has 0 saturated carbocycles. The number of hydrogen-bond donors (Lipinski definition) is 4. The Morgan fingerprint density at radius 3 is 2.75 bits per heavy atom. The van der Waals surface area contributed by atoms with Crippen LogP contribution in [0.15, 0.2) is 33.9 Å². The number of ether oxygens (including phenoxy) is 1. The van der Waals surface area contributed by atoms with Gasteiger partial charge in [0.2, 0.25) is 0 Å². The normalized spacial score (nSPS) is 9.79. The summed E-state index contributed by atoms with van der Waals surface area (Å²) in [5, 5.41) is 11.2. The van der Waals surface area contributed by atoms with Crippen molar-refractivity contribution in [3.8, 4) is 6.07 Å². The standard InChI is InChI=1S/C14H11N5O5/c15-5-7-2-1-3-8(4-7)17-9(20)6-24-13(22)11-10(16)12(21)19-14(23)18-11/h1-4H,6,16H2,(H,17,20)(H2,18,19,21,23). The summed E-state index contributed by atoms with van der Waals surface area (Å²) in [6.45, 7) is -0.677. The van der Waals surface area contributed by atoms with Crippen LogP contribution in [-0.4, -0.2) is 28.5 Å². The van der Waals surface area contributed by atoms with Gasteiger partial charge in [0.15, 0.2) is 12.3 Å². The molecule has 0 fully saturated rings. The lowest BCUT2D eigenvalue weighted by Gasteiger charge is -2.07. The van der Waals surface area contributed by atoms with Crippen molar-refractivity contribution in [1.29, 1.82) is 5.26 Å². The van der Waals surface area contributed by atoms with E-state index in [1.165, 1.54) is 6.07 Å². The van der Waals surface area contributed by atoms with Crippen molar-refractivity contribution in [1.82, 2.24) is 9.97 Å². The average Bonchev–Trinajstić information content (AvgIpc) is 2.56. The van der Waals surface area contributed by atoms with Gasteiger partial charge in [-0.05, 0) is 18.2 Å². The van der Waals surface area contributed by atoms with Crippen LogP contribution in [0.25, 0.3) is 0 Å². The van der Waals surface area contributed by atoms with Gasteiger partial charge in [0.1, 0.15) is 5.69 Å². The second kappa shape index (κ2) is 6.93. The third-order valence-corrected chi connectivity index (χ3v) is 2.79. The molecule has 10 heteroatoms. The Hall–Kier alpha value is -3.87. The van der Waals surface area contributed by atoms with E-state index in [1.807, 2.05) is 16.0 Å². The molecule has 0 atom stereocenters. The fourth-order valence-corrected chi connectivity index (χ4v) is 1.72. The van der Waals surface area contributed by atoms with Crippen molar-refractivity contribution >= 4 is 23.3 Å². The summed E-state index contributed by atoms with van der Waals surface area (Å²) in [7, 11) is 0. The maximum atomic E-state index is 11.8. The molecular weight excluding hydrogens is 318 g/mol. The van der Waals surface area contributed by atoms with E-state index < -0.39 is 41.1 Å². The van der Waals surface area contributed by atoms with Crippen LogP contribution in [0.5, 0.6) is 0 Å². The van der Waals surface area contributed by atoms with Crippen LogP contribution in [0.4, 0.5) is 11.4 Å². The van der Waals surface area contributed by atoms with Gasteiger partial charge in [-0.25, -0.2) is 9.59 Å². The SMILES string of the molecule is N#Cc1cccc(NC(=O)COC(=O)c2[nH]c(=O)[nH]c(=O)c2N)c1. The third-order valence-electron chi connectivity index (χ3n) is 2.79. The predicted molar refractivity (Wildman–Crippen MR) is 82.2 cm³/mol. The summed E-state index contributed by atoms with van der Waals surface area (Å²) in [6, 6.07) is 8.03. The minimum Gasteiger partial charge on any atom is -0.451 e. The van der Waals surface area contributed by atoms with Gasteiger partial charge in [-0.3, -0.25) is 19.6 Å². The number of nitrogens with one attached hydrogen (secondary N) is 3. The maximum absolute atomic E-state index is 11.8. The van der Waals surface area contributed by atoms with Crippen LogP contribution in [0, 0.1) is 11.3 Å². The highest BCUT2D eigenvalue weighted by molar-refractivity contribution is 5.96. The molecule has 1 aromatic heterocycles. The summed E-state index contributed by atoms with van der Waals surface area (Å²) in [5.74, 6) is -1.80. The lowest BCUT2D eigenvalue weighted by molar-refractivity contribution is -0.119. The Kier molecular flexibility index (Phi) is 4.76. The monoisotopic (exact) mass is 329 g/mol. The molecule has 1 amide bonds. The largest absolute Gasteiger partial charge is 0.451 e. The number of esters is 1. The lowest BCUT2D eigenvalue weighted by Crippen LogP contribution is -2.30. The minimum absolute atomic E-state index is 0.346. The van der Waals surface area contributed by atoms with E-state index in [0.717, 1.165) is 0 Å². The van der Waals surface area contributed by atoms with Gasteiger partial charge in [-0.2, -0.15) is 5.26 Å². The molecule has 0 aliphatic rings. The summed E-state index contributed by atoms with van der Waals surface area (Å²) < 4.78 is 4.69. The van der Waals surface area contributed by atoms with Crippen LogP contribution >= 0.6 is 0 Å². The Morgan fingerprint density at radius 2 is 2.04 bits per heavy atom.